The van der Waals surface area contributed by atoms with Gasteiger partial charge >= 0.3 is 0 Å². The van der Waals surface area contributed by atoms with E-state index < -0.39 is 15.9 Å². The predicted octanol–water partition coefficient (Wildman–Crippen LogP) is 4.30. The Morgan fingerprint density at radius 3 is 2.71 bits per heavy atom. The highest BCUT2D eigenvalue weighted by atomic mass is 32.2. The molecule has 4 aromatic rings. The van der Waals surface area contributed by atoms with Gasteiger partial charge in [0.1, 0.15) is 16.5 Å². The Morgan fingerprint density at radius 2 is 1.97 bits per heavy atom. The van der Waals surface area contributed by atoms with Crippen LogP contribution in [-0.4, -0.2) is 24.5 Å². The Balaban J connectivity index is 1.47. The van der Waals surface area contributed by atoms with Gasteiger partial charge < -0.3 is 14.3 Å². The Morgan fingerprint density at radius 1 is 1.12 bits per heavy atom. The van der Waals surface area contributed by atoms with Crippen LogP contribution in [0.25, 0.3) is 0 Å². The predicted molar refractivity (Wildman–Crippen MR) is 127 cm³/mol. The third-order valence-electron chi connectivity index (χ3n) is 4.97. The number of carbonyl (C=O) groups is 1. The molecule has 0 saturated heterocycles. The molecule has 0 atom stereocenters. The molecule has 1 amide bonds. The van der Waals surface area contributed by atoms with E-state index in [1.807, 2.05) is 13.8 Å². The minimum atomic E-state index is -3.80. The van der Waals surface area contributed by atoms with Crippen LogP contribution in [0.5, 0.6) is 0 Å². The topological polar surface area (TPSA) is 127 Å². The lowest BCUT2D eigenvalue weighted by Crippen LogP contribution is -2.23. The van der Waals surface area contributed by atoms with Crippen molar-refractivity contribution >= 4 is 33.4 Å². The number of rotatable bonds is 9. The largest absolute Gasteiger partial charge is 0.468 e. The van der Waals surface area contributed by atoms with E-state index in [1.54, 1.807) is 42.6 Å². The molecule has 0 aliphatic rings. The SMILES string of the molecule is Cc1noc(C)c1CSc1ncccc1C(=O)Nc1cccc(S(=O)(=O)NCc2ccco2)c1. The fourth-order valence-corrected chi connectivity index (χ4v) is 5.31. The molecule has 11 heteroatoms. The first-order chi connectivity index (χ1) is 16.3. The number of nitrogens with zero attached hydrogens (tertiary/aromatic N) is 2. The van der Waals surface area contributed by atoms with Crippen molar-refractivity contribution in [3.05, 3.63) is 89.3 Å². The maximum absolute atomic E-state index is 13.0. The van der Waals surface area contributed by atoms with Gasteiger partial charge in [0, 0.05) is 23.2 Å². The fraction of sp³-hybridized carbons (Fsp3) is 0.174. The van der Waals surface area contributed by atoms with Crippen LogP contribution in [0.2, 0.25) is 0 Å². The second kappa shape index (κ2) is 10.2. The average Bonchev–Trinajstić information content (AvgIpc) is 3.46. The van der Waals surface area contributed by atoms with Crippen molar-refractivity contribution in [3.63, 3.8) is 0 Å². The number of anilines is 1. The van der Waals surface area contributed by atoms with Crippen molar-refractivity contribution in [2.75, 3.05) is 5.32 Å². The van der Waals surface area contributed by atoms with Gasteiger partial charge in [0.25, 0.3) is 5.91 Å². The molecule has 0 spiro atoms. The quantitative estimate of drug-likeness (QED) is 0.327. The number of pyridine rings is 1. The Labute approximate surface area is 201 Å². The number of sulfonamides is 1. The van der Waals surface area contributed by atoms with Gasteiger partial charge in [-0.25, -0.2) is 18.1 Å². The molecule has 0 radical (unpaired) electrons. The molecule has 1 aromatic carbocycles. The van der Waals surface area contributed by atoms with Crippen molar-refractivity contribution in [1.29, 1.82) is 0 Å². The van der Waals surface area contributed by atoms with Gasteiger partial charge in [0.15, 0.2) is 0 Å². The Hall–Kier alpha value is -3.41. The summed E-state index contributed by atoms with van der Waals surface area (Å²) in [7, 11) is -3.80. The monoisotopic (exact) mass is 498 g/mol. The molecule has 0 fully saturated rings. The van der Waals surface area contributed by atoms with Crippen LogP contribution >= 0.6 is 11.8 Å². The molecule has 0 bridgehead atoms. The van der Waals surface area contributed by atoms with E-state index >= 15 is 0 Å². The van der Waals surface area contributed by atoms with Crippen LogP contribution in [0.15, 0.2) is 79.9 Å². The van der Waals surface area contributed by atoms with E-state index in [0.717, 1.165) is 17.0 Å². The summed E-state index contributed by atoms with van der Waals surface area (Å²) in [4.78, 5) is 17.4. The van der Waals surface area contributed by atoms with E-state index in [4.69, 9.17) is 8.94 Å². The summed E-state index contributed by atoms with van der Waals surface area (Å²) in [6.07, 6.45) is 3.09. The lowest BCUT2D eigenvalue weighted by atomic mass is 10.2. The van der Waals surface area contributed by atoms with E-state index in [2.05, 4.69) is 20.2 Å². The number of nitrogens with one attached hydrogen (secondary N) is 2. The second-order valence-corrected chi connectivity index (χ2v) is 10.1. The first kappa shape index (κ1) is 23.7. The summed E-state index contributed by atoms with van der Waals surface area (Å²) in [6, 6.07) is 12.7. The number of carbonyl (C=O) groups excluding carboxylic acids is 1. The van der Waals surface area contributed by atoms with E-state index in [-0.39, 0.29) is 11.4 Å². The number of amides is 1. The molecule has 2 N–H and O–H groups in total. The first-order valence-corrected chi connectivity index (χ1v) is 12.7. The van der Waals surface area contributed by atoms with Crippen molar-refractivity contribution < 1.29 is 22.2 Å². The molecule has 176 valence electrons. The van der Waals surface area contributed by atoms with Crippen LogP contribution in [0.1, 0.15) is 33.1 Å². The molecule has 0 unspecified atom stereocenters. The molecule has 0 saturated carbocycles. The summed E-state index contributed by atoms with van der Waals surface area (Å²) in [6.45, 7) is 3.72. The van der Waals surface area contributed by atoms with Crippen molar-refractivity contribution in [2.24, 2.45) is 0 Å². The highest BCUT2D eigenvalue weighted by molar-refractivity contribution is 7.98. The Bertz CT molecular complexity index is 1380. The van der Waals surface area contributed by atoms with Gasteiger partial charge in [0.2, 0.25) is 10.0 Å². The summed E-state index contributed by atoms with van der Waals surface area (Å²) in [5.41, 5.74) is 2.48. The van der Waals surface area contributed by atoms with E-state index in [1.165, 1.54) is 30.2 Å². The van der Waals surface area contributed by atoms with Gasteiger partial charge in [0.05, 0.1) is 29.0 Å². The number of hydrogen-bond acceptors (Lipinski definition) is 8. The van der Waals surface area contributed by atoms with Crippen LogP contribution in [-0.2, 0) is 22.3 Å². The molecule has 0 aliphatic heterocycles. The number of thioether (sulfide) groups is 1. The van der Waals surface area contributed by atoms with Crippen molar-refractivity contribution in [2.45, 2.75) is 36.1 Å². The van der Waals surface area contributed by atoms with Crippen molar-refractivity contribution in [3.8, 4) is 0 Å². The fourth-order valence-electron chi connectivity index (χ4n) is 3.13. The van der Waals surface area contributed by atoms with Crippen molar-refractivity contribution in [1.82, 2.24) is 14.9 Å². The molecule has 34 heavy (non-hydrogen) atoms. The average molecular weight is 499 g/mol. The van der Waals surface area contributed by atoms with Crippen LogP contribution < -0.4 is 10.0 Å². The number of hydrogen-bond donors (Lipinski definition) is 2. The third kappa shape index (κ3) is 5.56. The third-order valence-corrected chi connectivity index (χ3v) is 7.40. The highest BCUT2D eigenvalue weighted by Gasteiger charge is 2.18. The molecule has 3 aromatic heterocycles. The second-order valence-electron chi connectivity index (χ2n) is 7.33. The normalized spacial score (nSPS) is 11.5. The summed E-state index contributed by atoms with van der Waals surface area (Å²) in [5.74, 6) is 1.37. The molecule has 3 heterocycles. The molecule has 4 rings (SSSR count). The van der Waals surface area contributed by atoms with Gasteiger partial charge in [-0.2, -0.15) is 0 Å². The van der Waals surface area contributed by atoms with Gasteiger partial charge in [-0.1, -0.05) is 11.2 Å². The molecular weight excluding hydrogens is 476 g/mol. The van der Waals surface area contributed by atoms with Gasteiger partial charge in [-0.15, -0.1) is 11.8 Å². The zero-order valence-electron chi connectivity index (χ0n) is 18.4. The first-order valence-electron chi connectivity index (χ1n) is 10.3. The zero-order chi connectivity index (χ0) is 24.1. The molecule has 9 nitrogen and oxygen atoms in total. The van der Waals surface area contributed by atoms with Crippen LogP contribution in [0, 0.1) is 13.8 Å². The maximum atomic E-state index is 13.0. The zero-order valence-corrected chi connectivity index (χ0v) is 20.1. The number of aryl methyl sites for hydroxylation is 2. The van der Waals surface area contributed by atoms with E-state index in [0.29, 0.717) is 27.8 Å². The minimum absolute atomic E-state index is 0.0212. The standard InChI is InChI=1S/C23H22N4O5S2/c1-15-21(16(2)32-27-15)14-33-23-20(9-4-10-24-23)22(28)26-17-6-3-8-19(12-17)34(29,30)25-13-18-7-5-11-31-18/h3-12,25H,13-14H2,1-2H3,(H,26,28). The van der Waals surface area contributed by atoms with Gasteiger partial charge in [-0.3, -0.25) is 4.79 Å². The summed E-state index contributed by atoms with van der Waals surface area (Å²) >= 11 is 1.40. The summed E-state index contributed by atoms with van der Waals surface area (Å²) in [5, 5.41) is 7.26. The number of aromatic nitrogens is 2. The maximum Gasteiger partial charge on any atom is 0.258 e. The molecular formula is C23H22N4O5S2. The van der Waals surface area contributed by atoms with Crippen LogP contribution in [0.4, 0.5) is 5.69 Å². The van der Waals surface area contributed by atoms with Crippen LogP contribution in [0.3, 0.4) is 0 Å². The molecule has 0 aliphatic carbocycles. The minimum Gasteiger partial charge on any atom is -0.468 e. The number of furan rings is 1. The lowest BCUT2D eigenvalue weighted by Gasteiger charge is -2.11. The van der Waals surface area contributed by atoms with Gasteiger partial charge in [-0.05, 0) is 56.3 Å². The summed E-state index contributed by atoms with van der Waals surface area (Å²) < 4.78 is 38.1. The smallest absolute Gasteiger partial charge is 0.258 e. The highest BCUT2D eigenvalue weighted by Crippen LogP contribution is 2.28. The van der Waals surface area contributed by atoms with E-state index in [9.17, 15) is 13.2 Å². The lowest BCUT2D eigenvalue weighted by molar-refractivity contribution is 0.102. The Kier molecular flexibility index (Phi) is 7.15. The number of benzene rings is 1.